The summed E-state index contributed by atoms with van der Waals surface area (Å²) in [4.78, 5) is 2.57. The van der Waals surface area contributed by atoms with Crippen LogP contribution in [0.1, 0.15) is 37.8 Å². The van der Waals surface area contributed by atoms with Crippen molar-refractivity contribution in [3.8, 4) is 0 Å². The maximum absolute atomic E-state index is 5.86. The molecule has 1 aromatic carbocycles. The lowest BCUT2D eigenvalue weighted by molar-refractivity contribution is 0.605. The number of anilines is 1. The van der Waals surface area contributed by atoms with Crippen LogP contribution in [0, 0.1) is 12.8 Å². The molecule has 0 aromatic heterocycles. The van der Waals surface area contributed by atoms with Crippen molar-refractivity contribution < 1.29 is 0 Å². The van der Waals surface area contributed by atoms with Gasteiger partial charge in [0.2, 0.25) is 0 Å². The van der Waals surface area contributed by atoms with E-state index >= 15 is 0 Å². The molecule has 0 aliphatic heterocycles. The van der Waals surface area contributed by atoms with Crippen LogP contribution in [0.3, 0.4) is 0 Å². The number of hydrogen-bond donors (Lipinski definition) is 1. The van der Waals surface area contributed by atoms with Gasteiger partial charge in [-0.3, -0.25) is 0 Å². The number of rotatable bonds is 5. The van der Waals surface area contributed by atoms with Crippen LogP contribution in [0.15, 0.2) is 18.2 Å². The van der Waals surface area contributed by atoms with Gasteiger partial charge in [0, 0.05) is 24.8 Å². The predicted octanol–water partition coefficient (Wildman–Crippen LogP) is 3.08. The van der Waals surface area contributed by atoms with E-state index in [-0.39, 0.29) is 0 Å². The molecular weight excluding hydrogens is 208 g/mol. The number of nitrogens with zero attached hydrogens (tertiary/aromatic N) is 1. The Kier molecular flexibility index (Phi) is 3.72. The Morgan fingerprint density at radius 2 is 2.06 bits per heavy atom. The first-order valence-electron chi connectivity index (χ1n) is 6.68. The molecule has 94 valence electrons. The number of benzene rings is 1. The molecule has 0 unspecified atom stereocenters. The van der Waals surface area contributed by atoms with Gasteiger partial charge in [0.15, 0.2) is 0 Å². The molecule has 2 N–H and O–H groups in total. The summed E-state index contributed by atoms with van der Waals surface area (Å²) in [7, 11) is 0. The topological polar surface area (TPSA) is 29.3 Å². The molecule has 2 heteroatoms. The van der Waals surface area contributed by atoms with Crippen LogP contribution in [0.2, 0.25) is 0 Å². The molecule has 1 fully saturated rings. The molecule has 0 bridgehead atoms. The van der Waals surface area contributed by atoms with E-state index in [0.29, 0.717) is 12.5 Å². The average molecular weight is 232 g/mol. The van der Waals surface area contributed by atoms with Crippen molar-refractivity contribution in [2.75, 3.05) is 11.4 Å². The highest BCUT2D eigenvalue weighted by Gasteiger charge is 2.30. The lowest BCUT2D eigenvalue weighted by Crippen LogP contribution is -2.31. The molecule has 1 saturated carbocycles. The maximum atomic E-state index is 5.86. The van der Waals surface area contributed by atoms with Crippen molar-refractivity contribution in [3.63, 3.8) is 0 Å². The van der Waals surface area contributed by atoms with Crippen molar-refractivity contribution in [1.29, 1.82) is 0 Å². The summed E-state index contributed by atoms with van der Waals surface area (Å²) in [5.74, 6) is 0.696. The van der Waals surface area contributed by atoms with Gasteiger partial charge in [-0.05, 0) is 42.9 Å². The predicted molar refractivity (Wildman–Crippen MR) is 74.3 cm³/mol. The van der Waals surface area contributed by atoms with Crippen molar-refractivity contribution >= 4 is 5.69 Å². The smallest absolute Gasteiger partial charge is 0.0417 e. The second-order valence-corrected chi connectivity index (χ2v) is 5.61. The third-order valence-electron chi connectivity index (χ3n) is 3.32. The van der Waals surface area contributed by atoms with Gasteiger partial charge in [0.25, 0.3) is 0 Å². The van der Waals surface area contributed by atoms with E-state index in [0.717, 1.165) is 12.6 Å². The fraction of sp³-hybridized carbons (Fsp3) is 0.600. The van der Waals surface area contributed by atoms with Gasteiger partial charge in [-0.2, -0.15) is 0 Å². The van der Waals surface area contributed by atoms with E-state index < -0.39 is 0 Å². The van der Waals surface area contributed by atoms with E-state index in [1.54, 1.807) is 0 Å². The number of nitrogens with two attached hydrogens (primary N) is 1. The Labute approximate surface area is 105 Å². The first kappa shape index (κ1) is 12.4. The highest BCUT2D eigenvalue weighted by Crippen LogP contribution is 2.34. The van der Waals surface area contributed by atoms with E-state index in [9.17, 15) is 0 Å². The minimum absolute atomic E-state index is 0.636. The van der Waals surface area contributed by atoms with Crippen LogP contribution in [0.5, 0.6) is 0 Å². The van der Waals surface area contributed by atoms with Crippen LogP contribution in [-0.4, -0.2) is 12.6 Å². The quantitative estimate of drug-likeness (QED) is 0.845. The van der Waals surface area contributed by atoms with Crippen LogP contribution < -0.4 is 10.6 Å². The molecule has 0 heterocycles. The largest absolute Gasteiger partial charge is 0.368 e. The Morgan fingerprint density at radius 3 is 2.59 bits per heavy atom. The Bertz CT molecular complexity index is 381. The van der Waals surface area contributed by atoms with E-state index in [1.165, 1.54) is 29.7 Å². The van der Waals surface area contributed by atoms with Gasteiger partial charge in [-0.15, -0.1) is 0 Å². The molecule has 17 heavy (non-hydrogen) atoms. The Balaban J connectivity index is 2.30. The third-order valence-corrected chi connectivity index (χ3v) is 3.32. The van der Waals surface area contributed by atoms with Gasteiger partial charge in [0.05, 0.1) is 0 Å². The fourth-order valence-corrected chi connectivity index (χ4v) is 2.34. The summed E-state index contributed by atoms with van der Waals surface area (Å²) >= 11 is 0. The first-order valence-corrected chi connectivity index (χ1v) is 6.68. The summed E-state index contributed by atoms with van der Waals surface area (Å²) in [5.41, 5.74) is 9.83. The van der Waals surface area contributed by atoms with Crippen molar-refractivity contribution in [1.82, 2.24) is 0 Å². The summed E-state index contributed by atoms with van der Waals surface area (Å²) in [6.07, 6.45) is 2.68. The first-order chi connectivity index (χ1) is 8.11. The van der Waals surface area contributed by atoms with Crippen LogP contribution in [0.25, 0.3) is 0 Å². The second-order valence-electron chi connectivity index (χ2n) is 5.61. The Hall–Kier alpha value is -1.02. The van der Waals surface area contributed by atoms with Crippen LogP contribution >= 0.6 is 0 Å². The monoisotopic (exact) mass is 232 g/mol. The van der Waals surface area contributed by atoms with Crippen molar-refractivity contribution in [3.05, 3.63) is 29.3 Å². The normalized spacial score (nSPS) is 15.4. The van der Waals surface area contributed by atoms with Gasteiger partial charge in [-0.25, -0.2) is 0 Å². The molecule has 0 radical (unpaired) electrons. The fourth-order valence-electron chi connectivity index (χ4n) is 2.34. The van der Waals surface area contributed by atoms with E-state index in [2.05, 4.69) is 43.9 Å². The molecule has 1 aliphatic carbocycles. The summed E-state index contributed by atoms with van der Waals surface area (Å²) < 4.78 is 0. The SMILES string of the molecule is Cc1ccc(CN)c(N(CC(C)C)C2CC2)c1. The molecular formula is C15H24N2. The van der Waals surface area contributed by atoms with Crippen LogP contribution in [0.4, 0.5) is 5.69 Å². The summed E-state index contributed by atoms with van der Waals surface area (Å²) in [6.45, 7) is 8.50. The van der Waals surface area contributed by atoms with Gasteiger partial charge >= 0.3 is 0 Å². The van der Waals surface area contributed by atoms with E-state index in [4.69, 9.17) is 5.73 Å². The minimum atomic E-state index is 0.636. The zero-order valence-corrected chi connectivity index (χ0v) is 11.2. The molecule has 1 aromatic rings. The minimum Gasteiger partial charge on any atom is -0.368 e. The highest BCUT2D eigenvalue weighted by atomic mass is 15.2. The van der Waals surface area contributed by atoms with Gasteiger partial charge in [-0.1, -0.05) is 26.0 Å². The van der Waals surface area contributed by atoms with Gasteiger partial charge < -0.3 is 10.6 Å². The Morgan fingerprint density at radius 1 is 1.35 bits per heavy atom. The van der Waals surface area contributed by atoms with E-state index in [1.807, 2.05) is 0 Å². The third kappa shape index (κ3) is 3.01. The highest BCUT2D eigenvalue weighted by molar-refractivity contribution is 5.57. The number of hydrogen-bond acceptors (Lipinski definition) is 2. The molecule has 0 atom stereocenters. The molecule has 0 amide bonds. The lowest BCUT2D eigenvalue weighted by Gasteiger charge is -2.29. The summed E-state index contributed by atoms with van der Waals surface area (Å²) in [5, 5.41) is 0. The second kappa shape index (κ2) is 5.09. The van der Waals surface area contributed by atoms with Crippen LogP contribution in [-0.2, 0) is 6.54 Å². The lowest BCUT2D eigenvalue weighted by atomic mass is 10.1. The van der Waals surface area contributed by atoms with Crippen molar-refractivity contribution in [2.45, 2.75) is 46.2 Å². The molecule has 0 spiro atoms. The summed E-state index contributed by atoms with van der Waals surface area (Å²) in [6, 6.07) is 7.39. The molecule has 2 nitrogen and oxygen atoms in total. The zero-order valence-electron chi connectivity index (χ0n) is 11.2. The van der Waals surface area contributed by atoms with Crippen molar-refractivity contribution in [2.24, 2.45) is 11.7 Å². The molecule has 1 aliphatic rings. The molecule has 0 saturated heterocycles. The molecule has 2 rings (SSSR count). The average Bonchev–Trinajstić information content (AvgIpc) is 3.09. The standard InChI is InChI=1S/C15H24N2/c1-11(2)10-17(14-6-7-14)15-8-12(3)4-5-13(15)9-16/h4-5,8,11,14H,6-7,9-10,16H2,1-3H3. The number of aryl methyl sites for hydroxylation is 1. The maximum Gasteiger partial charge on any atom is 0.0417 e. The van der Waals surface area contributed by atoms with Gasteiger partial charge in [0.1, 0.15) is 0 Å². The zero-order chi connectivity index (χ0) is 12.4.